The molecule has 3 fully saturated rings. The second-order valence-electron chi connectivity index (χ2n) is 38.1. The first-order valence-corrected chi connectivity index (χ1v) is 51.2. The molecule has 46 nitrogen and oxygen atoms in total. The number of nitrogens with two attached hydrogens (primary N) is 2. The first-order valence-electron chi connectivity index (χ1n) is 50.0. The number of fused-ring (bicyclic) bond motifs is 4. The highest BCUT2D eigenvalue weighted by Crippen LogP contribution is 2.29. The van der Waals surface area contributed by atoms with Gasteiger partial charge in [-0.25, -0.2) is 0 Å². The van der Waals surface area contributed by atoms with Gasteiger partial charge in [0.15, 0.2) is 0 Å². The smallest absolute Gasteiger partial charge is 0.323 e. The van der Waals surface area contributed by atoms with Crippen LogP contribution in [0.2, 0.25) is 0 Å². The van der Waals surface area contributed by atoms with Crippen LogP contribution in [0.25, 0.3) is 21.8 Å². The summed E-state index contributed by atoms with van der Waals surface area (Å²) in [6, 6.07) is -4.62. The topological polar surface area (TPSA) is 684 Å². The fourth-order valence-corrected chi connectivity index (χ4v) is 19.0. The van der Waals surface area contributed by atoms with Crippen molar-refractivity contribution >= 4 is 152 Å². The lowest BCUT2D eigenvalue weighted by Gasteiger charge is -2.36. The van der Waals surface area contributed by atoms with Gasteiger partial charge in [-0.05, 0) is 105 Å². The Morgan fingerprint density at radius 3 is 1.69 bits per heavy atom. The number of nitrogens with one attached hydrogen (secondary N) is 12. The maximum atomic E-state index is 16.0. The summed E-state index contributed by atoms with van der Waals surface area (Å²) in [5, 5.41) is 92.4. The lowest BCUT2D eigenvalue weighted by atomic mass is 9.99. The van der Waals surface area contributed by atoms with E-state index in [1.807, 2.05) is 13.8 Å². The van der Waals surface area contributed by atoms with Gasteiger partial charge in [0, 0.05) is 119 Å². The number of carboxylic acid groups (broad SMARTS) is 2. The minimum atomic E-state index is -2.01. The number of aromatic nitrogens is 2. The van der Waals surface area contributed by atoms with Gasteiger partial charge in [0.05, 0.1) is 38.0 Å². The molecule has 47 heteroatoms. The van der Waals surface area contributed by atoms with E-state index in [2.05, 4.69) is 63.5 Å². The van der Waals surface area contributed by atoms with Crippen molar-refractivity contribution in [3.63, 3.8) is 0 Å². The number of aliphatic carboxylic acids is 2. The number of carboxylic acids is 2. The SMILES string of the molecule is CCCC[C@H]1C(=O)N(C)[C@@H](CCCC)C(=O)N[C@@H](CC(C)C)C(=O)N[C@H](C(=O)NCC(=O)NCCCCCCCCCCC(=O)O)CSCC(=O)N[C@@H](Cc2ccc(O)cc2)C(=O)N(C)[C@@H](C)C(=O)N[C@@H](CC(N)=O)C(=O)N2CCC[C@H]2C(=O)N[C@@H](CO)C(=O)N[C@@H](CCC(N)=O)C(=O)N2C[C@H](O)C[C@H]2C(=O)N[C@@H](Cc2c[nH]c3ccccc23)C(=O)N[C@@H](CO)C(=O)N[C@@H](Cc2cn(CC(=O)O)c3ccccc23)C(=O)N1C. The summed E-state index contributed by atoms with van der Waals surface area (Å²) < 4.78 is 1.40. The van der Waals surface area contributed by atoms with Crippen LogP contribution >= 0.6 is 11.8 Å². The Kier molecular flexibility index (Phi) is 47.1. The number of nitrogens with zero attached hydrogens (tertiary/aromatic N) is 6. The number of primary amides is 2. The van der Waals surface area contributed by atoms with Crippen molar-refractivity contribution in [3.05, 3.63) is 102 Å². The summed E-state index contributed by atoms with van der Waals surface area (Å²) in [4.78, 5) is 296. The number of unbranched alkanes of at least 4 members (excludes halogenated alkanes) is 9. The average molecular weight is 2070 g/mol. The number of carbonyl (C=O) groups is 20. The largest absolute Gasteiger partial charge is 0.508 e. The van der Waals surface area contributed by atoms with Crippen molar-refractivity contribution in [1.29, 1.82) is 0 Å². The zero-order valence-corrected chi connectivity index (χ0v) is 85.3. The third kappa shape index (κ3) is 35.5. The number of carbonyl (C=O) groups excluding carboxylic acids is 18. The quantitative estimate of drug-likeness (QED) is 0.0210. The lowest BCUT2D eigenvalue weighted by molar-refractivity contribution is -0.149. The van der Waals surface area contributed by atoms with Crippen LogP contribution in [-0.4, -0.2) is 346 Å². The molecule has 5 aromatic rings. The Morgan fingerprint density at radius 1 is 0.510 bits per heavy atom. The number of aliphatic hydroxyl groups excluding tert-OH is 3. The lowest BCUT2D eigenvalue weighted by Crippen LogP contribution is -2.62. The number of aromatic amines is 1. The number of amides is 18. The molecule has 0 saturated carbocycles. The molecule has 22 N–H and O–H groups in total. The van der Waals surface area contributed by atoms with Crippen LogP contribution in [0, 0.1) is 5.92 Å². The van der Waals surface area contributed by atoms with E-state index in [9.17, 15) is 83.1 Å². The van der Waals surface area contributed by atoms with Crippen LogP contribution in [0.3, 0.4) is 0 Å². The molecule has 3 saturated heterocycles. The van der Waals surface area contributed by atoms with Gasteiger partial charge in [0.1, 0.15) is 96.9 Å². The Morgan fingerprint density at radius 2 is 1.05 bits per heavy atom. The monoisotopic (exact) mass is 2070 g/mol. The Hall–Kier alpha value is -13.8. The number of phenolic OH excluding ortho intramolecular Hbond substituents is 1. The molecule has 0 aliphatic carbocycles. The molecule has 3 aromatic carbocycles. The second kappa shape index (κ2) is 58.5. The number of H-pyrrole nitrogens is 1. The summed E-state index contributed by atoms with van der Waals surface area (Å²) in [6.07, 6.45) is 5.29. The number of hydrogen-bond donors (Lipinski definition) is 20. The van der Waals surface area contributed by atoms with E-state index < -0.39 is 292 Å². The van der Waals surface area contributed by atoms with Crippen molar-refractivity contribution < 1.29 is 127 Å². The highest BCUT2D eigenvalue weighted by atomic mass is 32.2. The molecule has 0 radical (unpaired) electrons. The Labute approximate surface area is 856 Å². The van der Waals surface area contributed by atoms with Crippen LogP contribution in [0.4, 0.5) is 0 Å². The summed E-state index contributed by atoms with van der Waals surface area (Å²) in [5.74, 6) is -21.7. The van der Waals surface area contributed by atoms with Crippen LogP contribution in [-0.2, 0) is 122 Å². The summed E-state index contributed by atoms with van der Waals surface area (Å²) >= 11 is 0.783. The van der Waals surface area contributed by atoms with E-state index in [-0.39, 0.29) is 76.1 Å². The molecule has 806 valence electrons. The van der Waals surface area contributed by atoms with E-state index in [0.29, 0.717) is 70.6 Å². The second-order valence-corrected chi connectivity index (χ2v) is 39.1. The van der Waals surface area contributed by atoms with Gasteiger partial charge in [-0.15, -0.1) is 11.8 Å². The number of para-hydroxylation sites is 2. The number of aromatic hydroxyl groups is 1. The molecule has 3 aliphatic heterocycles. The van der Waals surface area contributed by atoms with Gasteiger partial charge in [0.2, 0.25) is 106 Å². The van der Waals surface area contributed by atoms with Crippen LogP contribution in [0.15, 0.2) is 85.2 Å². The van der Waals surface area contributed by atoms with Crippen molar-refractivity contribution in [2.45, 2.75) is 292 Å². The van der Waals surface area contributed by atoms with Crippen molar-refractivity contribution in [2.75, 3.05) is 72.0 Å². The molecule has 147 heavy (non-hydrogen) atoms. The van der Waals surface area contributed by atoms with Crippen LogP contribution in [0.1, 0.15) is 193 Å². The number of aliphatic hydroxyl groups is 3. The molecule has 0 unspecified atom stereocenters. The maximum Gasteiger partial charge on any atom is 0.323 e. The minimum Gasteiger partial charge on any atom is -0.508 e. The van der Waals surface area contributed by atoms with Gasteiger partial charge in [0.25, 0.3) is 0 Å². The van der Waals surface area contributed by atoms with Crippen molar-refractivity contribution in [2.24, 2.45) is 17.4 Å². The number of rotatable bonds is 37. The highest BCUT2D eigenvalue weighted by Gasteiger charge is 2.47. The zero-order valence-electron chi connectivity index (χ0n) is 84.5. The molecule has 2 aromatic heterocycles. The maximum absolute atomic E-state index is 16.0. The molecule has 15 atom stereocenters. The van der Waals surface area contributed by atoms with Gasteiger partial charge in [-0.1, -0.05) is 140 Å². The molecular weight excluding hydrogens is 1930 g/mol. The number of phenols is 1. The van der Waals surface area contributed by atoms with Crippen molar-refractivity contribution in [3.8, 4) is 5.75 Å². The van der Waals surface area contributed by atoms with Gasteiger partial charge >= 0.3 is 11.9 Å². The molecule has 3 aliphatic rings. The van der Waals surface area contributed by atoms with Gasteiger partial charge in [-0.2, -0.15) is 0 Å². The number of likely N-dealkylation sites (N-methyl/N-ethyl adjacent to an activating group) is 3. The van der Waals surface area contributed by atoms with E-state index in [0.717, 1.165) is 74.8 Å². The molecule has 0 bridgehead atoms. The van der Waals surface area contributed by atoms with E-state index >= 15 is 38.4 Å². The van der Waals surface area contributed by atoms with E-state index in [1.165, 1.54) is 69.3 Å². The number of hydrogen-bond acceptors (Lipinski definition) is 25. The summed E-state index contributed by atoms with van der Waals surface area (Å²) in [5.41, 5.74) is 13.3. The van der Waals surface area contributed by atoms with Crippen molar-refractivity contribution in [1.82, 2.24) is 92.5 Å². The van der Waals surface area contributed by atoms with Gasteiger partial charge in [-0.3, -0.25) is 95.9 Å². The fourth-order valence-electron chi connectivity index (χ4n) is 18.1. The van der Waals surface area contributed by atoms with Gasteiger partial charge < -0.3 is 135 Å². The Bertz CT molecular complexity index is 5450. The predicted octanol–water partition coefficient (Wildman–Crippen LogP) is -1.12. The number of benzene rings is 3. The Balaban J connectivity index is 1.19. The molecule has 5 heterocycles. The first kappa shape index (κ1) is 118. The molecule has 18 amide bonds. The number of thioether (sulfide) groups is 1. The molecule has 8 rings (SSSR count). The highest BCUT2D eigenvalue weighted by molar-refractivity contribution is 8.00. The average Bonchev–Trinajstić information content (AvgIpc) is 1.54. The summed E-state index contributed by atoms with van der Waals surface area (Å²) in [7, 11) is 3.81. The normalized spacial score (nSPS) is 23.7. The van der Waals surface area contributed by atoms with E-state index in [1.54, 1.807) is 62.4 Å². The van der Waals surface area contributed by atoms with Crippen LogP contribution < -0.4 is 70.0 Å². The fraction of sp³-hybridized carbons (Fsp3) is 0.580. The third-order valence-electron chi connectivity index (χ3n) is 26.3. The molecule has 0 spiro atoms. The standard InChI is InChI=1S/C100H144N20O26S/c1-9-11-29-77-93(139)108-68(42-57(3)4)89(135)114-75(88(134)105-49-83(127)103-40-24-18-16-14-13-15-17-19-33-85(129)130)55-147-56-84(128)106-70(43-59-34-36-62(123)37-35-59)96(142)115(6)58(5)87(133)110-72(47-82(102)126)99(145)119-41-25-32-78(119)94(140)113-74(54-122)91(137)107-67(38-39-81(101)125)98(144)120-51-63(124)46-80(120)95(141)109-69(44-60-48-104-66-28-22-20-26-64(60)66)90(136)112-73(53-121)92(138)111-71(97(143)117(8)79(30-12-10-2)100(146)116(77)7)45-61-50-118(52-86(131)132)76-31-23-21-27-65(61)76/h20-23,26-28,31,34-37,48,50,57-58,63,67-75,77-80,104,121-124H,9-19,24-25,29-30,32-33,38-47,49,51-56H2,1-8H3,(H2,101,125)(H2,102,126)(H,103,127)(H,105,134)(H,106,128)(H,107,137)(H,108,139)(H,109,141)(H,110,133)(H,111,138)(H,112,136)(H,113,140)(H,114,135)(H,129,130)(H,131,132)/t58-,63+,67-,68-,69-,70-,71-,72-,73-,74-,75-,77-,78-,79-,80-/m0/s1. The van der Waals surface area contributed by atoms with Crippen LogP contribution in [0.5, 0.6) is 5.75 Å². The van der Waals surface area contributed by atoms with E-state index in [4.69, 9.17) is 16.6 Å². The predicted molar refractivity (Wildman–Crippen MR) is 538 cm³/mol. The molecular formula is C100H144N20O26S. The third-order valence-corrected chi connectivity index (χ3v) is 27.4. The summed E-state index contributed by atoms with van der Waals surface area (Å²) in [6.45, 7) is 4.22. The first-order chi connectivity index (χ1) is 70.0. The minimum absolute atomic E-state index is 0.0346. The zero-order chi connectivity index (χ0) is 108.